The Morgan fingerprint density at radius 3 is 1.30 bits per heavy atom. The van der Waals surface area contributed by atoms with Crippen LogP contribution in [-0.4, -0.2) is 15.0 Å². The van der Waals surface area contributed by atoms with Crippen LogP contribution in [0.4, 0.5) is 0 Å². The summed E-state index contributed by atoms with van der Waals surface area (Å²) in [5, 5.41) is 8.82. The zero-order chi connectivity index (χ0) is 33.0. The third-order valence-electron chi connectivity index (χ3n) is 9.94. The Hall–Kier alpha value is -6.65. The topological polar surface area (TPSA) is 34.2 Å². The van der Waals surface area contributed by atoms with Crippen molar-refractivity contribution in [3.8, 4) is 22.3 Å². The minimum atomic E-state index is -0.220. The van der Waals surface area contributed by atoms with Gasteiger partial charge in [0, 0.05) is 33.2 Å². The molecule has 2 aromatic heterocycles. The van der Waals surface area contributed by atoms with E-state index in [0.717, 1.165) is 39.4 Å². The normalized spacial score (nSPS) is 14.6. The lowest BCUT2D eigenvalue weighted by Crippen LogP contribution is -2.35. The second kappa shape index (κ2) is 11.5. The number of para-hydroxylation sites is 4. The van der Waals surface area contributed by atoms with Gasteiger partial charge in [0.1, 0.15) is 17.8 Å². The zero-order valence-corrected chi connectivity index (χ0v) is 27.2. The maximum atomic E-state index is 5.50. The molecule has 1 aliphatic heterocycles. The third-order valence-corrected chi connectivity index (χ3v) is 9.94. The van der Waals surface area contributed by atoms with Crippen LogP contribution in [0.5, 0.6) is 0 Å². The van der Waals surface area contributed by atoms with Gasteiger partial charge in [-0.05, 0) is 64.7 Å². The van der Waals surface area contributed by atoms with E-state index in [1.807, 2.05) is 0 Å². The lowest BCUT2D eigenvalue weighted by Gasteiger charge is -2.27. The van der Waals surface area contributed by atoms with Gasteiger partial charge in [-0.15, -0.1) is 0 Å². The molecule has 4 nitrogen and oxygen atoms in total. The van der Waals surface area contributed by atoms with Gasteiger partial charge in [-0.1, -0.05) is 133 Å². The minimum absolute atomic E-state index is 0.220. The van der Waals surface area contributed by atoms with E-state index in [0.29, 0.717) is 0 Å². The molecule has 1 N–H and O–H groups in total. The Morgan fingerprint density at radius 1 is 0.400 bits per heavy atom. The lowest BCUT2D eigenvalue weighted by molar-refractivity contribution is 0.597. The summed E-state index contributed by atoms with van der Waals surface area (Å²) in [6.45, 7) is 0. The standard InChI is InChI=1S/C46H32N4/c1-3-15-31(16-4-1)33-27-34(32-17-5-2-6-18-32)29-35(28-33)46-47-44(49-40-23-11-7-19-36(40)37-20-8-12-24-41(37)49)30-45(48-46)50-42-25-13-9-21-38(42)39-22-10-14-26-43(39)50/h1-30,44H,(H,47,48). The number of fused-ring (bicyclic) bond motifs is 6. The van der Waals surface area contributed by atoms with Crippen LogP contribution >= 0.6 is 0 Å². The maximum Gasteiger partial charge on any atom is 0.139 e. The first kappa shape index (κ1) is 28.4. The summed E-state index contributed by atoms with van der Waals surface area (Å²) in [7, 11) is 0. The summed E-state index contributed by atoms with van der Waals surface area (Å²) in [4.78, 5) is 5.50. The monoisotopic (exact) mass is 640 g/mol. The lowest BCUT2D eigenvalue weighted by atomic mass is 9.95. The van der Waals surface area contributed by atoms with Gasteiger partial charge < -0.3 is 9.88 Å². The van der Waals surface area contributed by atoms with Crippen LogP contribution in [-0.2, 0) is 0 Å². The number of amidine groups is 1. The molecular formula is C46H32N4. The molecule has 0 aliphatic carbocycles. The van der Waals surface area contributed by atoms with Crippen LogP contribution in [0.1, 0.15) is 11.7 Å². The van der Waals surface area contributed by atoms with Crippen LogP contribution in [0.2, 0.25) is 0 Å². The van der Waals surface area contributed by atoms with Gasteiger partial charge in [0.15, 0.2) is 0 Å². The van der Waals surface area contributed by atoms with Crippen LogP contribution in [0.3, 0.4) is 0 Å². The molecule has 10 rings (SSSR count). The molecule has 0 amide bonds. The molecule has 0 fully saturated rings. The van der Waals surface area contributed by atoms with Gasteiger partial charge >= 0.3 is 0 Å². The van der Waals surface area contributed by atoms with Crippen molar-refractivity contribution in [3.05, 3.63) is 188 Å². The molecule has 7 aromatic carbocycles. The fourth-order valence-electron chi connectivity index (χ4n) is 7.70. The molecule has 0 saturated carbocycles. The zero-order valence-electron chi connectivity index (χ0n) is 27.2. The van der Waals surface area contributed by atoms with Gasteiger partial charge in [-0.2, -0.15) is 0 Å². The molecule has 1 unspecified atom stereocenters. The summed E-state index contributed by atoms with van der Waals surface area (Å²) in [5.74, 6) is 1.71. The molecule has 9 aromatic rings. The number of benzene rings is 7. The molecule has 1 atom stereocenters. The van der Waals surface area contributed by atoms with E-state index < -0.39 is 0 Å². The summed E-state index contributed by atoms with van der Waals surface area (Å²) in [6, 6.07) is 62.7. The summed E-state index contributed by atoms with van der Waals surface area (Å²) in [5.41, 5.74) is 10.3. The van der Waals surface area contributed by atoms with Crippen molar-refractivity contribution in [1.82, 2.24) is 14.5 Å². The molecule has 4 heteroatoms. The fourth-order valence-corrected chi connectivity index (χ4v) is 7.70. The highest BCUT2D eigenvalue weighted by Gasteiger charge is 2.25. The van der Waals surface area contributed by atoms with Gasteiger partial charge in [0.05, 0.1) is 22.1 Å². The average Bonchev–Trinajstić information content (AvgIpc) is 3.71. The molecule has 236 valence electrons. The quantitative estimate of drug-likeness (QED) is 0.200. The molecule has 3 heterocycles. The number of aliphatic imine (C=N–C) groups is 1. The predicted molar refractivity (Wildman–Crippen MR) is 209 cm³/mol. The van der Waals surface area contributed by atoms with E-state index in [2.05, 4.69) is 196 Å². The number of nitrogens with zero attached hydrogens (tertiary/aromatic N) is 3. The number of hydrogen-bond donors (Lipinski definition) is 1. The van der Waals surface area contributed by atoms with Crippen molar-refractivity contribution >= 4 is 55.3 Å². The molecule has 0 bridgehead atoms. The smallest absolute Gasteiger partial charge is 0.139 e. The van der Waals surface area contributed by atoms with Crippen molar-refractivity contribution in [2.24, 2.45) is 4.99 Å². The van der Waals surface area contributed by atoms with E-state index in [9.17, 15) is 0 Å². The first-order valence-corrected chi connectivity index (χ1v) is 17.1. The Morgan fingerprint density at radius 2 is 0.800 bits per heavy atom. The van der Waals surface area contributed by atoms with E-state index >= 15 is 0 Å². The van der Waals surface area contributed by atoms with Gasteiger partial charge in [0.25, 0.3) is 0 Å². The number of nitrogens with one attached hydrogen (secondary N) is 1. The van der Waals surface area contributed by atoms with Gasteiger partial charge in [0.2, 0.25) is 0 Å². The van der Waals surface area contributed by atoms with Crippen molar-refractivity contribution in [2.45, 2.75) is 6.17 Å². The maximum absolute atomic E-state index is 5.50. The van der Waals surface area contributed by atoms with E-state index in [-0.39, 0.29) is 6.17 Å². The minimum Gasteiger partial charge on any atom is -0.346 e. The summed E-state index contributed by atoms with van der Waals surface area (Å²) < 4.78 is 4.75. The first-order valence-electron chi connectivity index (χ1n) is 17.1. The van der Waals surface area contributed by atoms with Crippen LogP contribution in [0.25, 0.3) is 71.7 Å². The Kier molecular flexibility index (Phi) is 6.53. The average molecular weight is 641 g/mol. The first-order chi connectivity index (χ1) is 24.8. The van der Waals surface area contributed by atoms with E-state index in [4.69, 9.17) is 4.99 Å². The highest BCUT2D eigenvalue weighted by molar-refractivity contribution is 6.12. The number of aromatic nitrogens is 2. The largest absolute Gasteiger partial charge is 0.346 e. The number of hydrogen-bond acceptors (Lipinski definition) is 2. The van der Waals surface area contributed by atoms with Gasteiger partial charge in [-0.3, -0.25) is 4.57 Å². The highest BCUT2D eigenvalue weighted by Crippen LogP contribution is 2.37. The Labute approximate surface area is 289 Å². The number of rotatable bonds is 5. The molecule has 50 heavy (non-hydrogen) atoms. The Bertz CT molecular complexity index is 2620. The van der Waals surface area contributed by atoms with Crippen LogP contribution in [0.15, 0.2) is 187 Å². The van der Waals surface area contributed by atoms with Crippen molar-refractivity contribution in [3.63, 3.8) is 0 Å². The molecule has 1 aliphatic rings. The molecule has 0 radical (unpaired) electrons. The second-order valence-corrected chi connectivity index (χ2v) is 12.9. The fraction of sp³-hybridized carbons (Fsp3) is 0.0217. The van der Waals surface area contributed by atoms with Crippen molar-refractivity contribution in [1.29, 1.82) is 0 Å². The van der Waals surface area contributed by atoms with Crippen LogP contribution < -0.4 is 5.32 Å². The third kappa shape index (κ3) is 4.57. The summed E-state index contributed by atoms with van der Waals surface area (Å²) in [6.07, 6.45) is 2.06. The molecule has 0 spiro atoms. The van der Waals surface area contributed by atoms with Crippen LogP contribution in [0, 0.1) is 0 Å². The predicted octanol–water partition coefficient (Wildman–Crippen LogP) is 11.3. The molecule has 0 saturated heterocycles. The SMILES string of the molecule is C1=C(n2c3ccccc3c3ccccc32)N=C(c2cc(-c3ccccc3)cc(-c3ccccc3)c2)NC1n1c2ccccc2c2ccccc21. The van der Waals surface area contributed by atoms with E-state index in [1.54, 1.807) is 0 Å². The van der Waals surface area contributed by atoms with Gasteiger partial charge in [-0.25, -0.2) is 4.99 Å². The molecular weight excluding hydrogens is 609 g/mol. The van der Waals surface area contributed by atoms with E-state index in [1.165, 1.54) is 43.7 Å². The van der Waals surface area contributed by atoms with Crippen molar-refractivity contribution < 1.29 is 0 Å². The second-order valence-electron chi connectivity index (χ2n) is 12.9. The highest BCUT2D eigenvalue weighted by atomic mass is 15.3. The Balaban J connectivity index is 1.25. The van der Waals surface area contributed by atoms with Crippen molar-refractivity contribution in [2.75, 3.05) is 0 Å². The summed E-state index contributed by atoms with van der Waals surface area (Å²) >= 11 is 0.